The van der Waals surface area contributed by atoms with E-state index in [-0.39, 0.29) is 5.91 Å². The SMILES string of the molecule is CCc1cnc(N2CCc3cc(C(=O)NCC4CC4)c(N(C)C)nc3CC2)nc1.O=C(O)C(F)(F)F. The average Bonchev–Trinajstić information content (AvgIpc) is 3.68. The third-order valence-corrected chi connectivity index (χ3v) is 5.98. The number of aromatic nitrogens is 3. The highest BCUT2D eigenvalue weighted by Gasteiger charge is 2.38. The number of anilines is 2. The van der Waals surface area contributed by atoms with E-state index in [1.165, 1.54) is 12.8 Å². The molecule has 12 heteroatoms. The highest BCUT2D eigenvalue weighted by Crippen LogP contribution is 2.28. The second-order valence-corrected chi connectivity index (χ2v) is 9.05. The number of carbonyl (C=O) groups excluding carboxylic acids is 1. The smallest absolute Gasteiger partial charge is 0.475 e. The first kappa shape index (κ1) is 27.2. The predicted octanol–water partition coefficient (Wildman–Crippen LogP) is 2.88. The van der Waals surface area contributed by atoms with Gasteiger partial charge in [-0.15, -0.1) is 0 Å². The van der Waals surface area contributed by atoms with Gasteiger partial charge < -0.3 is 20.2 Å². The van der Waals surface area contributed by atoms with Crippen LogP contribution in [0.1, 0.15) is 46.9 Å². The van der Waals surface area contributed by atoms with E-state index in [2.05, 4.69) is 27.1 Å². The number of hydrogen-bond acceptors (Lipinski definition) is 7. The van der Waals surface area contributed by atoms with Crippen LogP contribution >= 0.6 is 0 Å². The lowest BCUT2D eigenvalue weighted by atomic mass is 10.0. The molecule has 2 aromatic rings. The molecule has 4 rings (SSSR count). The Morgan fingerprint density at radius 1 is 1.17 bits per heavy atom. The van der Waals surface area contributed by atoms with E-state index in [0.717, 1.165) is 67.5 Å². The van der Waals surface area contributed by atoms with Crippen LogP contribution in [0.5, 0.6) is 0 Å². The molecule has 36 heavy (non-hydrogen) atoms. The molecule has 0 bridgehead atoms. The van der Waals surface area contributed by atoms with Gasteiger partial charge in [-0.3, -0.25) is 4.79 Å². The van der Waals surface area contributed by atoms with Crippen molar-refractivity contribution in [2.75, 3.05) is 43.5 Å². The van der Waals surface area contributed by atoms with Crippen molar-refractivity contribution in [2.45, 2.75) is 45.2 Å². The summed E-state index contributed by atoms with van der Waals surface area (Å²) in [7, 11) is 3.89. The molecular formula is C24H31F3N6O3. The van der Waals surface area contributed by atoms with Crippen molar-refractivity contribution in [2.24, 2.45) is 5.92 Å². The monoisotopic (exact) mass is 508 g/mol. The third-order valence-electron chi connectivity index (χ3n) is 5.98. The second-order valence-electron chi connectivity index (χ2n) is 9.05. The van der Waals surface area contributed by atoms with Gasteiger partial charge in [0.05, 0.1) is 5.56 Å². The summed E-state index contributed by atoms with van der Waals surface area (Å²) in [6, 6.07) is 2.05. The van der Waals surface area contributed by atoms with Gasteiger partial charge in [0, 0.05) is 58.2 Å². The Morgan fingerprint density at radius 2 is 1.78 bits per heavy atom. The van der Waals surface area contributed by atoms with Gasteiger partial charge in [-0.2, -0.15) is 13.2 Å². The highest BCUT2D eigenvalue weighted by atomic mass is 19.4. The summed E-state index contributed by atoms with van der Waals surface area (Å²) in [4.78, 5) is 39.8. The van der Waals surface area contributed by atoms with Gasteiger partial charge in [-0.25, -0.2) is 19.7 Å². The van der Waals surface area contributed by atoms with E-state index in [4.69, 9.17) is 14.9 Å². The Balaban J connectivity index is 0.000000454. The van der Waals surface area contributed by atoms with Crippen molar-refractivity contribution < 1.29 is 27.9 Å². The number of hydrogen-bond donors (Lipinski definition) is 2. The largest absolute Gasteiger partial charge is 0.490 e. The number of nitrogens with zero attached hydrogens (tertiary/aromatic N) is 5. The Bertz CT molecular complexity index is 1070. The lowest BCUT2D eigenvalue weighted by Gasteiger charge is -2.19. The molecule has 1 saturated carbocycles. The lowest BCUT2D eigenvalue weighted by Crippen LogP contribution is -2.28. The molecule has 1 aliphatic carbocycles. The number of carbonyl (C=O) groups is 2. The Morgan fingerprint density at radius 3 is 2.31 bits per heavy atom. The lowest BCUT2D eigenvalue weighted by molar-refractivity contribution is -0.192. The van der Waals surface area contributed by atoms with E-state index in [1.54, 1.807) is 0 Å². The average molecular weight is 509 g/mol. The van der Waals surface area contributed by atoms with E-state index >= 15 is 0 Å². The summed E-state index contributed by atoms with van der Waals surface area (Å²) in [5, 5.41) is 10.2. The van der Waals surface area contributed by atoms with Gasteiger partial charge in [-0.05, 0) is 48.8 Å². The number of aryl methyl sites for hydroxylation is 1. The summed E-state index contributed by atoms with van der Waals surface area (Å²) < 4.78 is 31.7. The molecule has 0 saturated heterocycles. The molecule has 2 aliphatic rings. The van der Waals surface area contributed by atoms with Gasteiger partial charge in [-0.1, -0.05) is 6.92 Å². The van der Waals surface area contributed by atoms with Gasteiger partial charge in [0.15, 0.2) is 0 Å². The molecule has 0 aromatic carbocycles. The minimum Gasteiger partial charge on any atom is -0.475 e. The molecular weight excluding hydrogens is 477 g/mol. The molecule has 0 unspecified atom stereocenters. The number of rotatable bonds is 6. The molecule has 1 fully saturated rings. The fourth-order valence-corrected chi connectivity index (χ4v) is 3.68. The van der Waals surface area contributed by atoms with E-state index < -0.39 is 12.1 Å². The van der Waals surface area contributed by atoms with Crippen molar-refractivity contribution in [3.05, 3.63) is 40.8 Å². The second kappa shape index (κ2) is 11.5. The van der Waals surface area contributed by atoms with E-state index in [1.807, 2.05) is 37.5 Å². The Labute approximate surface area is 207 Å². The molecule has 1 aliphatic heterocycles. The number of aliphatic carboxylic acids is 1. The molecule has 2 N–H and O–H groups in total. The van der Waals surface area contributed by atoms with Crippen LogP contribution < -0.4 is 15.1 Å². The summed E-state index contributed by atoms with van der Waals surface area (Å²) in [6.07, 6.45) is 3.77. The number of nitrogens with one attached hydrogen (secondary N) is 1. The van der Waals surface area contributed by atoms with Crippen LogP contribution in [0.4, 0.5) is 24.9 Å². The number of amides is 1. The number of alkyl halides is 3. The Kier molecular flexibility index (Phi) is 8.70. The van der Waals surface area contributed by atoms with Crippen LogP contribution in [-0.2, 0) is 24.1 Å². The van der Waals surface area contributed by atoms with Crippen molar-refractivity contribution in [1.82, 2.24) is 20.3 Å². The fraction of sp³-hybridized carbons (Fsp3) is 0.542. The van der Waals surface area contributed by atoms with Crippen LogP contribution in [0.2, 0.25) is 0 Å². The fourth-order valence-electron chi connectivity index (χ4n) is 3.68. The van der Waals surface area contributed by atoms with Crippen LogP contribution in [-0.4, -0.2) is 71.8 Å². The van der Waals surface area contributed by atoms with Crippen molar-refractivity contribution >= 4 is 23.6 Å². The summed E-state index contributed by atoms with van der Waals surface area (Å²) >= 11 is 0. The molecule has 1 amide bonds. The molecule has 3 heterocycles. The molecule has 9 nitrogen and oxygen atoms in total. The molecule has 0 atom stereocenters. The maximum absolute atomic E-state index is 12.8. The molecule has 0 spiro atoms. The maximum atomic E-state index is 12.8. The van der Waals surface area contributed by atoms with E-state index in [0.29, 0.717) is 11.5 Å². The topological polar surface area (TPSA) is 112 Å². The number of carboxylic acid groups (broad SMARTS) is 1. The van der Waals surface area contributed by atoms with Crippen LogP contribution in [0.3, 0.4) is 0 Å². The quantitative estimate of drug-likeness (QED) is 0.613. The zero-order valence-corrected chi connectivity index (χ0v) is 20.6. The molecule has 0 radical (unpaired) electrons. The van der Waals surface area contributed by atoms with Crippen LogP contribution in [0.25, 0.3) is 0 Å². The molecule has 196 valence electrons. The van der Waals surface area contributed by atoms with Crippen LogP contribution in [0.15, 0.2) is 18.5 Å². The summed E-state index contributed by atoms with van der Waals surface area (Å²) in [5.41, 5.74) is 4.04. The number of carboxylic acids is 1. The molecule has 2 aromatic heterocycles. The normalized spacial score (nSPS) is 15.2. The zero-order valence-electron chi connectivity index (χ0n) is 20.6. The van der Waals surface area contributed by atoms with Crippen molar-refractivity contribution in [3.63, 3.8) is 0 Å². The van der Waals surface area contributed by atoms with Crippen molar-refractivity contribution in [1.29, 1.82) is 0 Å². The van der Waals surface area contributed by atoms with Gasteiger partial charge >= 0.3 is 12.1 Å². The first-order valence-corrected chi connectivity index (χ1v) is 11.8. The summed E-state index contributed by atoms with van der Waals surface area (Å²) in [6.45, 7) is 4.52. The predicted molar refractivity (Wildman–Crippen MR) is 128 cm³/mol. The number of halogens is 3. The third kappa shape index (κ3) is 7.28. The highest BCUT2D eigenvalue weighted by molar-refractivity contribution is 5.99. The standard InChI is InChI=1S/C22H30N6O.C2HF3O2/c1-4-15-12-24-22(25-13-15)28-9-7-17-11-18(21(29)23-14-16-5-6-16)20(27(2)3)26-19(17)8-10-28;3-2(4,5)1(6)7/h11-13,16H,4-10,14H2,1-3H3,(H,23,29);(H,6,7). The first-order chi connectivity index (χ1) is 17.0. The van der Waals surface area contributed by atoms with Gasteiger partial charge in [0.1, 0.15) is 5.82 Å². The first-order valence-electron chi connectivity index (χ1n) is 11.8. The Hall–Kier alpha value is -3.44. The number of fused-ring (bicyclic) bond motifs is 1. The van der Waals surface area contributed by atoms with E-state index in [9.17, 15) is 18.0 Å². The summed E-state index contributed by atoms with van der Waals surface area (Å²) in [5.74, 6) is -0.606. The van der Waals surface area contributed by atoms with Gasteiger partial charge in [0.2, 0.25) is 5.95 Å². The number of pyridine rings is 1. The minimum absolute atomic E-state index is 0.0181. The van der Waals surface area contributed by atoms with Gasteiger partial charge in [0.25, 0.3) is 5.91 Å². The zero-order chi connectivity index (χ0) is 26.5. The van der Waals surface area contributed by atoms with Crippen molar-refractivity contribution in [3.8, 4) is 0 Å². The van der Waals surface area contributed by atoms with Crippen LogP contribution in [0, 0.1) is 5.92 Å². The minimum atomic E-state index is -5.08. The maximum Gasteiger partial charge on any atom is 0.490 e.